The van der Waals surface area contributed by atoms with Gasteiger partial charge in [-0.15, -0.1) is 0 Å². The predicted octanol–water partition coefficient (Wildman–Crippen LogP) is 5.66. The molecule has 0 bridgehead atoms. The van der Waals surface area contributed by atoms with Crippen molar-refractivity contribution >= 4 is 29.1 Å². The lowest BCUT2D eigenvalue weighted by atomic mass is 9.77. The van der Waals surface area contributed by atoms with Crippen LogP contribution in [0.4, 0.5) is 18.9 Å². The summed E-state index contributed by atoms with van der Waals surface area (Å²) < 4.78 is 39.6. The highest BCUT2D eigenvalue weighted by Crippen LogP contribution is 2.43. The van der Waals surface area contributed by atoms with Crippen molar-refractivity contribution in [3.05, 3.63) is 64.7 Å². The van der Waals surface area contributed by atoms with Crippen molar-refractivity contribution in [2.75, 3.05) is 18.4 Å². The Balaban J connectivity index is 1.81. The minimum Gasteiger partial charge on any atom is -0.333 e. The molecule has 0 heterocycles. The number of carbonyl (C=O) groups excluding carboxylic acids is 2. The zero-order valence-corrected chi connectivity index (χ0v) is 17.9. The Morgan fingerprint density at radius 3 is 2.39 bits per heavy atom. The highest BCUT2D eigenvalue weighted by atomic mass is 35.5. The number of halogens is 4. The van der Waals surface area contributed by atoms with Crippen LogP contribution in [0.15, 0.2) is 48.5 Å². The fraction of sp³-hybridized carbons (Fsp3) is 0.391. The van der Waals surface area contributed by atoms with Crippen LogP contribution in [0.1, 0.15) is 43.7 Å². The molecule has 2 aromatic carbocycles. The fourth-order valence-electron chi connectivity index (χ4n) is 4.22. The Kier molecular flexibility index (Phi) is 6.94. The number of anilines is 1. The van der Waals surface area contributed by atoms with Crippen molar-refractivity contribution < 1.29 is 22.8 Å². The first-order valence-corrected chi connectivity index (χ1v) is 10.6. The molecule has 31 heavy (non-hydrogen) atoms. The summed E-state index contributed by atoms with van der Waals surface area (Å²) in [5, 5.41) is 2.84. The monoisotopic (exact) mass is 452 g/mol. The van der Waals surface area contributed by atoms with Gasteiger partial charge >= 0.3 is 6.18 Å². The van der Waals surface area contributed by atoms with Gasteiger partial charge in [-0.3, -0.25) is 9.59 Å². The van der Waals surface area contributed by atoms with Gasteiger partial charge in [0.25, 0.3) is 0 Å². The van der Waals surface area contributed by atoms with Gasteiger partial charge in [-0.05, 0) is 49.6 Å². The molecule has 0 radical (unpaired) electrons. The average molecular weight is 453 g/mol. The van der Waals surface area contributed by atoms with Crippen LogP contribution in [-0.2, 0) is 21.2 Å². The smallest absolute Gasteiger partial charge is 0.333 e. The molecule has 8 heteroatoms. The van der Waals surface area contributed by atoms with E-state index in [0.717, 1.165) is 24.5 Å². The number of benzene rings is 2. The van der Waals surface area contributed by atoms with Crippen LogP contribution < -0.4 is 5.32 Å². The van der Waals surface area contributed by atoms with Crippen molar-refractivity contribution in [2.45, 2.75) is 44.2 Å². The fourth-order valence-corrected chi connectivity index (χ4v) is 4.41. The maximum atomic E-state index is 13.5. The number of hydrogen-bond donors (Lipinski definition) is 1. The normalized spacial score (nSPS) is 15.5. The van der Waals surface area contributed by atoms with E-state index in [1.807, 2.05) is 6.07 Å². The molecule has 0 atom stereocenters. The van der Waals surface area contributed by atoms with E-state index in [1.54, 1.807) is 25.1 Å². The quantitative estimate of drug-likeness (QED) is 0.615. The summed E-state index contributed by atoms with van der Waals surface area (Å²) in [5.41, 5.74) is -1.22. The van der Waals surface area contributed by atoms with Crippen LogP contribution in [0.5, 0.6) is 0 Å². The number of nitrogens with zero attached hydrogens (tertiary/aromatic N) is 1. The van der Waals surface area contributed by atoms with E-state index >= 15 is 0 Å². The lowest BCUT2D eigenvalue weighted by Crippen LogP contribution is -2.48. The number of likely N-dealkylation sites (N-methyl/N-ethyl adjacent to an activating group) is 1. The van der Waals surface area contributed by atoms with Gasteiger partial charge in [0.2, 0.25) is 11.8 Å². The first-order valence-electron chi connectivity index (χ1n) is 10.2. The van der Waals surface area contributed by atoms with Crippen LogP contribution >= 0.6 is 11.6 Å². The minimum absolute atomic E-state index is 0.200. The van der Waals surface area contributed by atoms with E-state index in [1.165, 1.54) is 23.1 Å². The average Bonchev–Trinajstić information content (AvgIpc) is 3.22. The van der Waals surface area contributed by atoms with Crippen LogP contribution in [-0.4, -0.2) is 29.8 Å². The summed E-state index contributed by atoms with van der Waals surface area (Å²) >= 11 is 6.15. The largest absolute Gasteiger partial charge is 0.418 e. The highest BCUT2D eigenvalue weighted by molar-refractivity contribution is 6.30. The molecular formula is C23H24ClF3N2O2. The summed E-state index contributed by atoms with van der Waals surface area (Å²) in [4.78, 5) is 27.5. The Labute approximate surface area is 184 Å². The van der Waals surface area contributed by atoms with E-state index in [0.29, 0.717) is 17.9 Å². The topological polar surface area (TPSA) is 49.4 Å². The van der Waals surface area contributed by atoms with Crippen molar-refractivity contribution in [2.24, 2.45) is 0 Å². The van der Waals surface area contributed by atoms with E-state index < -0.39 is 23.1 Å². The van der Waals surface area contributed by atoms with Crippen molar-refractivity contribution in [3.63, 3.8) is 0 Å². The Morgan fingerprint density at radius 2 is 1.77 bits per heavy atom. The molecule has 2 aromatic rings. The molecule has 166 valence electrons. The zero-order chi connectivity index (χ0) is 22.6. The lowest BCUT2D eigenvalue weighted by Gasteiger charge is -2.34. The summed E-state index contributed by atoms with van der Waals surface area (Å²) in [7, 11) is 0. The first kappa shape index (κ1) is 23.1. The summed E-state index contributed by atoms with van der Waals surface area (Å²) in [6, 6.07) is 12.0. The van der Waals surface area contributed by atoms with E-state index in [2.05, 4.69) is 5.32 Å². The molecule has 2 amide bonds. The predicted molar refractivity (Wildman–Crippen MR) is 114 cm³/mol. The van der Waals surface area contributed by atoms with E-state index in [4.69, 9.17) is 11.6 Å². The summed E-state index contributed by atoms with van der Waals surface area (Å²) in [5.74, 6) is -0.875. The highest BCUT2D eigenvalue weighted by Gasteiger charge is 2.45. The van der Waals surface area contributed by atoms with E-state index in [-0.39, 0.29) is 24.7 Å². The molecule has 1 aliphatic rings. The van der Waals surface area contributed by atoms with Gasteiger partial charge in [-0.1, -0.05) is 48.7 Å². The van der Waals surface area contributed by atoms with Crippen molar-refractivity contribution in [1.29, 1.82) is 0 Å². The van der Waals surface area contributed by atoms with Crippen molar-refractivity contribution in [1.82, 2.24) is 4.90 Å². The molecule has 4 nitrogen and oxygen atoms in total. The molecule has 0 aliphatic heterocycles. The second-order valence-electron chi connectivity index (χ2n) is 7.71. The zero-order valence-electron chi connectivity index (χ0n) is 17.1. The van der Waals surface area contributed by atoms with Gasteiger partial charge < -0.3 is 10.2 Å². The van der Waals surface area contributed by atoms with Crippen LogP contribution in [0.25, 0.3) is 0 Å². The number of alkyl halides is 3. The number of hydrogen-bond acceptors (Lipinski definition) is 2. The SMILES string of the molecule is CCN(CC(=O)Nc1ccccc1C(F)(F)F)C(=O)C1(c2cccc(Cl)c2)CCCC1. The molecule has 0 spiro atoms. The van der Waals surface area contributed by atoms with Gasteiger partial charge in [0.05, 0.1) is 23.2 Å². The summed E-state index contributed by atoms with van der Waals surface area (Å²) in [6.45, 7) is 1.68. The molecule has 0 unspecified atom stereocenters. The van der Waals surface area contributed by atoms with E-state index in [9.17, 15) is 22.8 Å². The second-order valence-corrected chi connectivity index (χ2v) is 8.15. The van der Waals surface area contributed by atoms with Gasteiger partial charge in [-0.25, -0.2) is 0 Å². The number of rotatable bonds is 6. The van der Waals surface area contributed by atoms with Crippen molar-refractivity contribution in [3.8, 4) is 0 Å². The third kappa shape index (κ3) is 5.03. The molecule has 1 aliphatic carbocycles. The number of nitrogens with one attached hydrogen (secondary N) is 1. The molecule has 3 rings (SSSR count). The minimum atomic E-state index is -4.59. The number of carbonyl (C=O) groups is 2. The number of amides is 2. The summed E-state index contributed by atoms with van der Waals surface area (Å²) in [6.07, 6.45) is -1.56. The maximum Gasteiger partial charge on any atom is 0.418 e. The van der Waals surface area contributed by atoms with Crippen LogP contribution in [0, 0.1) is 0 Å². The first-order chi connectivity index (χ1) is 14.7. The Morgan fingerprint density at radius 1 is 1.10 bits per heavy atom. The molecule has 1 fully saturated rings. The van der Waals surface area contributed by atoms with Crippen LogP contribution in [0.2, 0.25) is 5.02 Å². The van der Waals surface area contributed by atoms with Gasteiger partial charge in [-0.2, -0.15) is 13.2 Å². The number of para-hydroxylation sites is 1. The third-order valence-electron chi connectivity index (χ3n) is 5.75. The standard InChI is InChI=1S/C23H24ClF3N2O2/c1-2-29(15-20(30)28-19-11-4-3-10-18(19)23(25,26)27)21(31)22(12-5-6-13-22)16-8-7-9-17(24)14-16/h3-4,7-11,14H,2,5-6,12-13,15H2,1H3,(H,28,30). The second kappa shape index (κ2) is 9.30. The maximum absolute atomic E-state index is 13.5. The molecule has 1 saturated carbocycles. The lowest BCUT2D eigenvalue weighted by molar-refractivity contribution is -0.140. The van der Waals surface area contributed by atoms with Crippen LogP contribution in [0.3, 0.4) is 0 Å². The molecule has 0 saturated heterocycles. The Bertz CT molecular complexity index is 956. The molecule has 1 N–H and O–H groups in total. The molecule has 0 aromatic heterocycles. The third-order valence-corrected chi connectivity index (χ3v) is 5.99. The van der Waals surface area contributed by atoms with Gasteiger partial charge in [0.1, 0.15) is 0 Å². The van der Waals surface area contributed by atoms with Gasteiger partial charge in [0.15, 0.2) is 0 Å². The Hall–Kier alpha value is -2.54. The molecular weight excluding hydrogens is 429 g/mol. The van der Waals surface area contributed by atoms with Gasteiger partial charge in [0, 0.05) is 11.6 Å².